The standard InChI is InChI=1S/C25H44NO2/c1-2-3-4-5-6-7-8-9-10-11-12-16-19-26(20-22-27,21-23-28)24-25-17-14-13-15-18-25/h2,13-15,17-18,27-28H,1,3-12,16,19-24H2/q+1. The number of allylic oxidation sites excluding steroid dienone is 1. The van der Waals surface area contributed by atoms with E-state index in [1.54, 1.807) is 0 Å². The van der Waals surface area contributed by atoms with E-state index in [1.165, 1.54) is 69.8 Å². The summed E-state index contributed by atoms with van der Waals surface area (Å²) in [7, 11) is 0. The lowest BCUT2D eigenvalue weighted by atomic mass is 10.1. The molecule has 0 fully saturated rings. The Balaban J connectivity index is 2.23. The average Bonchev–Trinajstić information content (AvgIpc) is 2.70. The average molecular weight is 391 g/mol. The molecule has 0 heterocycles. The minimum Gasteiger partial charge on any atom is -0.391 e. The molecule has 0 aliphatic rings. The van der Waals surface area contributed by atoms with Crippen LogP contribution in [0.2, 0.25) is 0 Å². The van der Waals surface area contributed by atoms with Crippen molar-refractivity contribution in [3.05, 3.63) is 48.6 Å². The van der Waals surface area contributed by atoms with Crippen LogP contribution < -0.4 is 0 Å². The first-order chi connectivity index (χ1) is 13.8. The highest BCUT2D eigenvalue weighted by Crippen LogP contribution is 2.18. The number of quaternary nitrogens is 1. The van der Waals surface area contributed by atoms with Gasteiger partial charge >= 0.3 is 0 Å². The molecule has 2 N–H and O–H groups in total. The monoisotopic (exact) mass is 390 g/mol. The molecular weight excluding hydrogens is 346 g/mol. The molecule has 0 radical (unpaired) electrons. The molecule has 1 aromatic rings. The molecule has 0 atom stereocenters. The Morgan fingerprint density at radius 2 is 1.18 bits per heavy atom. The van der Waals surface area contributed by atoms with E-state index in [9.17, 15) is 10.2 Å². The molecule has 0 aliphatic heterocycles. The van der Waals surface area contributed by atoms with Crippen molar-refractivity contribution in [2.75, 3.05) is 32.8 Å². The van der Waals surface area contributed by atoms with Gasteiger partial charge < -0.3 is 14.7 Å². The lowest BCUT2D eigenvalue weighted by Crippen LogP contribution is -2.51. The van der Waals surface area contributed by atoms with Crippen molar-refractivity contribution < 1.29 is 14.7 Å². The summed E-state index contributed by atoms with van der Waals surface area (Å²) < 4.78 is 0.793. The maximum absolute atomic E-state index is 9.60. The Hall–Kier alpha value is -1.16. The van der Waals surface area contributed by atoms with Gasteiger partial charge in [0.2, 0.25) is 0 Å². The highest BCUT2D eigenvalue weighted by atomic mass is 16.3. The van der Waals surface area contributed by atoms with Gasteiger partial charge in [-0.25, -0.2) is 0 Å². The number of hydrogen-bond acceptors (Lipinski definition) is 2. The van der Waals surface area contributed by atoms with Gasteiger partial charge in [0.15, 0.2) is 0 Å². The van der Waals surface area contributed by atoms with Crippen LogP contribution in [-0.4, -0.2) is 47.5 Å². The lowest BCUT2D eigenvalue weighted by Gasteiger charge is -2.38. The molecule has 0 saturated carbocycles. The smallest absolute Gasteiger partial charge is 0.104 e. The SMILES string of the molecule is C=CCCCCCCCCCCCC[N+](CCO)(CCO)Cc1ccccc1. The minimum atomic E-state index is 0.180. The second kappa shape index (κ2) is 16.8. The largest absolute Gasteiger partial charge is 0.391 e. The maximum Gasteiger partial charge on any atom is 0.104 e. The van der Waals surface area contributed by atoms with Crippen LogP contribution in [0, 0.1) is 0 Å². The first kappa shape index (κ1) is 24.9. The van der Waals surface area contributed by atoms with Crippen LogP contribution >= 0.6 is 0 Å². The molecule has 0 unspecified atom stereocenters. The van der Waals surface area contributed by atoms with E-state index in [2.05, 4.69) is 30.8 Å². The molecular formula is C25H44NO2+. The van der Waals surface area contributed by atoms with Crippen LogP contribution in [0.4, 0.5) is 0 Å². The molecule has 0 aromatic heterocycles. The quantitative estimate of drug-likeness (QED) is 0.187. The summed E-state index contributed by atoms with van der Waals surface area (Å²) in [5, 5.41) is 19.2. The molecule has 0 bridgehead atoms. The molecule has 160 valence electrons. The van der Waals surface area contributed by atoms with Gasteiger partial charge in [-0.2, -0.15) is 0 Å². The van der Waals surface area contributed by atoms with Gasteiger partial charge in [0.1, 0.15) is 19.6 Å². The van der Waals surface area contributed by atoms with E-state index < -0.39 is 0 Å². The van der Waals surface area contributed by atoms with Crippen LogP contribution in [0.15, 0.2) is 43.0 Å². The van der Waals surface area contributed by atoms with Gasteiger partial charge in [-0.15, -0.1) is 6.58 Å². The van der Waals surface area contributed by atoms with E-state index in [-0.39, 0.29) is 13.2 Å². The molecule has 1 aromatic carbocycles. The summed E-state index contributed by atoms with van der Waals surface area (Å²) in [6, 6.07) is 10.5. The zero-order chi connectivity index (χ0) is 20.3. The van der Waals surface area contributed by atoms with Crippen LogP contribution in [0.5, 0.6) is 0 Å². The number of benzene rings is 1. The van der Waals surface area contributed by atoms with Crippen molar-refractivity contribution >= 4 is 0 Å². The summed E-state index contributed by atoms with van der Waals surface area (Å²) >= 11 is 0. The number of nitrogens with zero attached hydrogens (tertiary/aromatic N) is 1. The Morgan fingerprint density at radius 3 is 1.68 bits per heavy atom. The number of unbranched alkanes of at least 4 members (excludes halogenated alkanes) is 10. The van der Waals surface area contributed by atoms with Crippen molar-refractivity contribution in [1.29, 1.82) is 0 Å². The zero-order valence-corrected chi connectivity index (χ0v) is 18.0. The third kappa shape index (κ3) is 11.6. The van der Waals surface area contributed by atoms with Crippen molar-refractivity contribution in [2.24, 2.45) is 0 Å². The van der Waals surface area contributed by atoms with Crippen molar-refractivity contribution in [3.8, 4) is 0 Å². The Kier molecular flexibility index (Phi) is 14.9. The van der Waals surface area contributed by atoms with Crippen molar-refractivity contribution in [1.82, 2.24) is 0 Å². The normalized spacial score (nSPS) is 11.6. The molecule has 0 saturated heterocycles. The zero-order valence-electron chi connectivity index (χ0n) is 18.0. The van der Waals surface area contributed by atoms with Crippen LogP contribution in [0.1, 0.15) is 76.2 Å². The van der Waals surface area contributed by atoms with Gasteiger partial charge in [0, 0.05) is 5.56 Å². The van der Waals surface area contributed by atoms with E-state index in [4.69, 9.17) is 0 Å². The number of aliphatic hydroxyl groups is 2. The predicted molar refractivity (Wildman–Crippen MR) is 120 cm³/mol. The summed E-state index contributed by atoms with van der Waals surface area (Å²) in [6.07, 6.45) is 16.4. The Bertz CT molecular complexity index is 469. The van der Waals surface area contributed by atoms with Crippen molar-refractivity contribution in [3.63, 3.8) is 0 Å². The van der Waals surface area contributed by atoms with Crippen LogP contribution in [0.3, 0.4) is 0 Å². The molecule has 1 rings (SSSR count). The molecule has 3 heteroatoms. The van der Waals surface area contributed by atoms with E-state index in [0.29, 0.717) is 0 Å². The van der Waals surface area contributed by atoms with Gasteiger partial charge in [-0.3, -0.25) is 0 Å². The fourth-order valence-electron chi connectivity index (χ4n) is 4.12. The fourth-order valence-corrected chi connectivity index (χ4v) is 4.12. The molecule has 0 aliphatic carbocycles. The topological polar surface area (TPSA) is 40.5 Å². The van der Waals surface area contributed by atoms with Crippen LogP contribution in [-0.2, 0) is 6.54 Å². The lowest BCUT2D eigenvalue weighted by molar-refractivity contribution is -0.941. The molecule has 0 amide bonds. The van der Waals surface area contributed by atoms with Crippen molar-refractivity contribution in [2.45, 2.75) is 77.2 Å². The molecule has 3 nitrogen and oxygen atoms in total. The number of rotatable bonds is 19. The maximum atomic E-state index is 9.60. The summed E-state index contributed by atoms with van der Waals surface area (Å²) in [5.74, 6) is 0. The molecule has 28 heavy (non-hydrogen) atoms. The highest BCUT2D eigenvalue weighted by molar-refractivity contribution is 5.13. The van der Waals surface area contributed by atoms with E-state index in [1.807, 2.05) is 12.1 Å². The first-order valence-corrected chi connectivity index (χ1v) is 11.5. The summed E-state index contributed by atoms with van der Waals surface area (Å²) in [6.45, 7) is 7.52. The summed E-state index contributed by atoms with van der Waals surface area (Å²) in [5.41, 5.74) is 1.29. The van der Waals surface area contributed by atoms with Gasteiger partial charge in [0.05, 0.1) is 19.8 Å². The summed E-state index contributed by atoms with van der Waals surface area (Å²) in [4.78, 5) is 0. The Morgan fingerprint density at radius 1 is 0.679 bits per heavy atom. The highest BCUT2D eigenvalue weighted by Gasteiger charge is 2.26. The first-order valence-electron chi connectivity index (χ1n) is 11.5. The third-order valence-corrected chi connectivity index (χ3v) is 5.80. The fraction of sp³-hybridized carbons (Fsp3) is 0.680. The van der Waals surface area contributed by atoms with Gasteiger partial charge in [-0.1, -0.05) is 81.4 Å². The Labute approximate surface area is 173 Å². The second-order valence-corrected chi connectivity index (χ2v) is 8.22. The van der Waals surface area contributed by atoms with Gasteiger partial charge in [-0.05, 0) is 25.7 Å². The molecule has 0 spiro atoms. The third-order valence-electron chi connectivity index (χ3n) is 5.80. The van der Waals surface area contributed by atoms with E-state index in [0.717, 1.165) is 37.1 Å². The minimum absolute atomic E-state index is 0.180. The number of hydrogen-bond donors (Lipinski definition) is 2. The van der Waals surface area contributed by atoms with Crippen LogP contribution in [0.25, 0.3) is 0 Å². The predicted octanol–water partition coefficient (Wildman–Crippen LogP) is 5.47. The number of aliphatic hydroxyl groups excluding tert-OH is 2. The second-order valence-electron chi connectivity index (χ2n) is 8.22. The van der Waals surface area contributed by atoms with Gasteiger partial charge in [0.25, 0.3) is 0 Å². The van der Waals surface area contributed by atoms with E-state index >= 15 is 0 Å².